The van der Waals surface area contributed by atoms with Crippen molar-refractivity contribution in [2.45, 2.75) is 270 Å². The number of carbonyl (C=O) groups is 2. The smallest absolute Gasteiger partial charge is 0.306 e. The van der Waals surface area contributed by atoms with Crippen LogP contribution in [0.5, 0.6) is 0 Å². The molecule has 0 heterocycles. The van der Waals surface area contributed by atoms with Gasteiger partial charge in [0.2, 0.25) is 5.91 Å². The van der Waals surface area contributed by atoms with Gasteiger partial charge < -0.3 is 28.5 Å². The molecule has 0 bridgehead atoms. The van der Waals surface area contributed by atoms with Gasteiger partial charge in [-0.3, -0.25) is 14.2 Å². The second-order valence-corrected chi connectivity index (χ2v) is 23.3. The number of hydrogen-bond acceptors (Lipinski definition) is 7. The van der Waals surface area contributed by atoms with Crippen LogP contribution >= 0.6 is 7.82 Å². The molecule has 0 radical (unpaired) electrons. The molecule has 0 aliphatic heterocycles. The Morgan fingerprint density at radius 1 is 0.487 bits per heavy atom. The number of nitrogens with zero attached hydrogens (tertiary/aromatic N) is 1. The van der Waals surface area contributed by atoms with Crippen LogP contribution in [0.25, 0.3) is 0 Å². The Balaban J connectivity index is 5.18. The van der Waals surface area contributed by atoms with Crippen molar-refractivity contribution in [2.24, 2.45) is 0 Å². The van der Waals surface area contributed by atoms with E-state index in [1.807, 2.05) is 33.3 Å². The van der Waals surface area contributed by atoms with E-state index < -0.39 is 26.6 Å². The minimum absolute atomic E-state index is 0.0315. The monoisotopic (exact) mass is 1080 g/mol. The highest BCUT2D eigenvalue weighted by Gasteiger charge is 2.27. The predicted molar refractivity (Wildman–Crippen MR) is 325 cm³/mol. The SMILES string of the molecule is CC/C=C/C=C/C=C\CCCCCCCC(=O)OC(/C=C\CCCCCCCCCCCC)C(COP(=O)([O-])OCC[N+](C)(C)C)NC(=O)CCCCCCCCCCC/C=C\C/C=C\C/C=C\C/C=C\CCCCC. The minimum Gasteiger partial charge on any atom is -0.756 e. The van der Waals surface area contributed by atoms with Crippen LogP contribution in [0.4, 0.5) is 0 Å². The number of phosphoric acid groups is 1. The number of phosphoric ester groups is 1. The van der Waals surface area contributed by atoms with Crippen LogP contribution in [0.15, 0.2) is 97.2 Å². The predicted octanol–water partition coefficient (Wildman–Crippen LogP) is 18.5. The molecule has 9 nitrogen and oxygen atoms in total. The van der Waals surface area contributed by atoms with Crippen LogP contribution in [0.2, 0.25) is 0 Å². The number of hydrogen-bond donors (Lipinski definition) is 1. The van der Waals surface area contributed by atoms with Crippen molar-refractivity contribution in [2.75, 3.05) is 40.9 Å². The second kappa shape index (κ2) is 55.3. The summed E-state index contributed by atoms with van der Waals surface area (Å²) in [7, 11) is 1.16. The molecule has 0 spiro atoms. The number of esters is 1. The molecule has 0 aromatic rings. The van der Waals surface area contributed by atoms with Crippen LogP contribution in [0.1, 0.15) is 258 Å². The van der Waals surface area contributed by atoms with Gasteiger partial charge in [0.15, 0.2) is 0 Å². The Kier molecular flexibility index (Phi) is 53.0. The van der Waals surface area contributed by atoms with Crippen LogP contribution in [-0.2, 0) is 27.9 Å². The van der Waals surface area contributed by atoms with E-state index in [9.17, 15) is 19.0 Å². The highest BCUT2D eigenvalue weighted by atomic mass is 31.2. The average molecular weight is 1080 g/mol. The summed E-state index contributed by atoms with van der Waals surface area (Å²) in [6, 6.07) is -0.905. The number of nitrogens with one attached hydrogen (secondary N) is 1. The molecule has 0 aliphatic carbocycles. The zero-order chi connectivity index (χ0) is 55.7. The molecule has 3 unspecified atom stereocenters. The molecular weight excluding hydrogens is 964 g/mol. The van der Waals surface area contributed by atoms with Gasteiger partial charge in [-0.1, -0.05) is 247 Å². The lowest BCUT2D eigenvalue weighted by atomic mass is 10.0. The molecule has 76 heavy (non-hydrogen) atoms. The zero-order valence-corrected chi connectivity index (χ0v) is 50.8. The molecule has 1 amide bonds. The number of likely N-dealkylation sites (N-methyl/N-ethyl adjacent to an activating group) is 1. The average Bonchev–Trinajstić information content (AvgIpc) is 3.38. The third kappa shape index (κ3) is 55.7. The first kappa shape index (κ1) is 72.9. The number of unbranched alkanes of at least 4 members (excludes halogenated alkanes) is 27. The molecule has 0 fully saturated rings. The fourth-order valence-electron chi connectivity index (χ4n) is 8.50. The van der Waals surface area contributed by atoms with Gasteiger partial charge in [-0.2, -0.15) is 0 Å². The molecular formula is C66H117N2O7P. The van der Waals surface area contributed by atoms with Crippen LogP contribution < -0.4 is 10.2 Å². The van der Waals surface area contributed by atoms with Gasteiger partial charge in [0.05, 0.1) is 33.8 Å². The molecule has 0 aromatic carbocycles. The fraction of sp³-hybridized carbons (Fsp3) is 0.727. The van der Waals surface area contributed by atoms with Gasteiger partial charge in [0, 0.05) is 12.8 Å². The van der Waals surface area contributed by atoms with Crippen molar-refractivity contribution >= 4 is 19.7 Å². The third-order valence-corrected chi connectivity index (χ3v) is 14.3. The van der Waals surface area contributed by atoms with E-state index in [1.165, 1.54) is 109 Å². The number of rotatable bonds is 55. The summed E-state index contributed by atoms with van der Waals surface area (Å²) in [6.07, 6.45) is 73.8. The Hall–Kier alpha value is -3.07. The van der Waals surface area contributed by atoms with E-state index in [0.717, 1.165) is 109 Å². The van der Waals surface area contributed by atoms with Crippen LogP contribution in [-0.4, -0.2) is 69.4 Å². The zero-order valence-electron chi connectivity index (χ0n) is 49.9. The second-order valence-electron chi connectivity index (χ2n) is 21.9. The quantitative estimate of drug-likeness (QED) is 0.0161. The van der Waals surface area contributed by atoms with Crippen molar-refractivity contribution in [3.05, 3.63) is 97.2 Å². The van der Waals surface area contributed by atoms with Crippen molar-refractivity contribution in [3.63, 3.8) is 0 Å². The van der Waals surface area contributed by atoms with Crippen molar-refractivity contribution < 1.29 is 37.3 Å². The lowest BCUT2D eigenvalue weighted by molar-refractivity contribution is -0.870. The Morgan fingerprint density at radius 3 is 1.39 bits per heavy atom. The summed E-state index contributed by atoms with van der Waals surface area (Å²) in [5.41, 5.74) is 0. The number of quaternary nitrogens is 1. The summed E-state index contributed by atoms with van der Waals surface area (Å²) in [4.78, 5) is 39.9. The summed E-state index contributed by atoms with van der Waals surface area (Å²) >= 11 is 0. The summed E-state index contributed by atoms with van der Waals surface area (Å²) in [6.45, 7) is 6.65. The summed E-state index contributed by atoms with van der Waals surface area (Å²) in [5.74, 6) is -0.575. The number of amides is 1. The van der Waals surface area contributed by atoms with E-state index in [0.29, 0.717) is 23.9 Å². The fourth-order valence-corrected chi connectivity index (χ4v) is 9.23. The first-order chi connectivity index (χ1) is 36.9. The Morgan fingerprint density at radius 2 is 0.895 bits per heavy atom. The highest BCUT2D eigenvalue weighted by molar-refractivity contribution is 7.45. The van der Waals surface area contributed by atoms with Gasteiger partial charge >= 0.3 is 5.97 Å². The van der Waals surface area contributed by atoms with Gasteiger partial charge in [0.25, 0.3) is 7.82 Å². The van der Waals surface area contributed by atoms with Crippen molar-refractivity contribution in [1.29, 1.82) is 0 Å². The van der Waals surface area contributed by atoms with E-state index in [1.54, 1.807) is 0 Å². The first-order valence-corrected chi connectivity index (χ1v) is 32.5. The summed E-state index contributed by atoms with van der Waals surface area (Å²) < 4.78 is 30.3. The molecule has 1 N–H and O–H groups in total. The number of carbonyl (C=O) groups excluding carboxylic acids is 2. The molecule has 0 rings (SSSR count). The first-order valence-electron chi connectivity index (χ1n) is 31.1. The summed E-state index contributed by atoms with van der Waals surface area (Å²) in [5, 5.41) is 3.02. The van der Waals surface area contributed by atoms with E-state index in [2.05, 4.69) is 111 Å². The highest BCUT2D eigenvalue weighted by Crippen LogP contribution is 2.38. The van der Waals surface area contributed by atoms with Crippen molar-refractivity contribution in [1.82, 2.24) is 5.32 Å². The lowest BCUT2D eigenvalue weighted by Gasteiger charge is -2.30. The lowest BCUT2D eigenvalue weighted by Crippen LogP contribution is -2.47. The molecule has 0 aromatic heterocycles. The third-order valence-electron chi connectivity index (χ3n) is 13.3. The standard InChI is InChI=1S/C66H117N2O7P/c1-7-10-13-16-19-22-25-28-29-30-31-32-33-34-35-36-37-38-39-41-43-46-49-52-55-58-65(69)67-63(62-74-76(71,72)73-61-60-68(4,5)6)64(57-54-51-48-45-42-27-24-21-18-15-12-9-3)75-66(70)59-56-53-50-47-44-40-26-23-20-17-14-11-8-2/h11,14,17,19-20,22-23,26,28-29,31-32,34-35,54,57,63-64H,7-10,12-13,15-16,18,21,24-25,27,30,33,36-53,55-56,58-62H2,1-6H3,(H-,67,69,71,72)/b14-11+,20-17+,22-19-,26-23-,29-28-,32-31-,35-34-,57-54-. The maximum Gasteiger partial charge on any atom is 0.306 e. The van der Waals surface area contributed by atoms with Crippen molar-refractivity contribution in [3.8, 4) is 0 Å². The van der Waals surface area contributed by atoms with E-state index >= 15 is 0 Å². The number of ether oxygens (including phenoxy) is 1. The minimum atomic E-state index is -4.71. The molecule has 0 aliphatic rings. The normalized spacial score (nSPS) is 14.4. The molecule has 0 saturated carbocycles. The molecule has 3 atom stereocenters. The largest absolute Gasteiger partial charge is 0.756 e. The maximum atomic E-state index is 13.5. The van der Waals surface area contributed by atoms with Gasteiger partial charge in [0.1, 0.15) is 19.3 Å². The van der Waals surface area contributed by atoms with Gasteiger partial charge in [-0.05, 0) is 96.0 Å². The molecule has 10 heteroatoms. The molecule has 0 saturated heterocycles. The van der Waals surface area contributed by atoms with E-state index in [4.69, 9.17) is 13.8 Å². The Labute approximate surface area is 468 Å². The number of allylic oxidation sites excluding steroid dienone is 15. The van der Waals surface area contributed by atoms with Gasteiger partial charge in [-0.25, -0.2) is 0 Å². The van der Waals surface area contributed by atoms with Crippen LogP contribution in [0.3, 0.4) is 0 Å². The Bertz CT molecular complexity index is 1620. The van der Waals surface area contributed by atoms with E-state index in [-0.39, 0.29) is 24.9 Å². The molecule has 438 valence electrons. The topological polar surface area (TPSA) is 114 Å². The van der Waals surface area contributed by atoms with Gasteiger partial charge in [-0.15, -0.1) is 0 Å². The van der Waals surface area contributed by atoms with Crippen LogP contribution in [0, 0.1) is 0 Å². The maximum absolute atomic E-state index is 13.5.